The van der Waals surface area contributed by atoms with Crippen LogP contribution in [0.25, 0.3) is 33.5 Å². The molecule has 0 aliphatic carbocycles. The minimum Gasteiger partial charge on any atom is -0.497 e. The number of aryl methyl sites for hydroxylation is 2. The maximum absolute atomic E-state index is 13.8. The molecule has 6 heterocycles. The molecule has 9 aromatic rings. The number of halogens is 3. The molecule has 0 fully saturated rings. The first-order valence-electron chi connectivity index (χ1n) is 26.9. The van der Waals surface area contributed by atoms with Crippen LogP contribution in [0.1, 0.15) is 76.2 Å². The number of nitrogens with two attached hydrogens (primary N) is 3. The van der Waals surface area contributed by atoms with E-state index in [2.05, 4.69) is 106 Å². The van der Waals surface area contributed by atoms with Crippen LogP contribution in [0, 0.1) is 27.4 Å². The summed E-state index contributed by atoms with van der Waals surface area (Å²) in [6.45, 7) is 12.6. The lowest BCUT2D eigenvalue weighted by molar-refractivity contribution is 0.324. The van der Waals surface area contributed by atoms with Gasteiger partial charge in [-0.25, -0.2) is 34.9 Å². The van der Waals surface area contributed by atoms with E-state index in [9.17, 15) is 4.39 Å². The summed E-state index contributed by atoms with van der Waals surface area (Å²) in [5.41, 5.74) is 23.2. The quantitative estimate of drug-likeness (QED) is 0.0200. The lowest BCUT2D eigenvalue weighted by Gasteiger charge is -2.19. The SMILES string of the molecule is C#CCCCn1c(Cc2cc(OC)c(OC)c(OC)c2Cl)nc2c(N)nc(F)nc21.CCCCn1c(Cc2cc(OC)c(OC)c(OC)c2)nc2c(N)ncnc21.COc1ccc(I)c(Sc2nc3c(N)ncnc3n2CCNCC(C)(C)C)c1. The maximum atomic E-state index is 13.8. The van der Waals surface area contributed by atoms with Crippen LogP contribution in [0.5, 0.6) is 40.2 Å². The lowest BCUT2D eigenvalue weighted by atomic mass is 9.97. The largest absolute Gasteiger partial charge is 0.497 e. The first-order chi connectivity index (χ1) is 40.8. The Hall–Kier alpha value is -7.87. The predicted octanol–water partition coefficient (Wildman–Crippen LogP) is 9.86. The number of ether oxygens (including phenoxy) is 7. The summed E-state index contributed by atoms with van der Waals surface area (Å²) in [4.78, 5) is 39.5. The third-order valence-corrected chi connectivity index (χ3v) is 15.8. The number of nitrogens with zero attached hydrogens (tertiary/aromatic N) is 12. The summed E-state index contributed by atoms with van der Waals surface area (Å²) in [6.07, 6.45) is 11.6. The second-order valence-electron chi connectivity index (χ2n) is 20.1. The molecule has 9 rings (SSSR count). The number of benzene rings is 3. The fourth-order valence-corrected chi connectivity index (χ4v) is 10.9. The zero-order chi connectivity index (χ0) is 61.5. The van der Waals surface area contributed by atoms with Crippen LogP contribution >= 0.6 is 46.0 Å². The van der Waals surface area contributed by atoms with Crippen LogP contribution in [0.2, 0.25) is 5.02 Å². The molecule has 0 aliphatic heterocycles. The Morgan fingerprint density at radius 3 is 1.82 bits per heavy atom. The summed E-state index contributed by atoms with van der Waals surface area (Å²) in [7, 11) is 11.0. The van der Waals surface area contributed by atoms with Crippen molar-refractivity contribution in [2.45, 2.75) is 95.9 Å². The molecule has 0 amide bonds. The van der Waals surface area contributed by atoms with Gasteiger partial charge in [0.05, 0.1) is 54.8 Å². The number of rotatable bonds is 23. The highest BCUT2D eigenvalue weighted by molar-refractivity contribution is 14.1. The van der Waals surface area contributed by atoms with Gasteiger partial charge in [-0.2, -0.15) is 14.4 Å². The minimum absolute atomic E-state index is 0.0366. The number of methoxy groups -OCH3 is 7. The van der Waals surface area contributed by atoms with Crippen molar-refractivity contribution >= 4 is 96.9 Å². The molecule has 7 N–H and O–H groups in total. The van der Waals surface area contributed by atoms with Crippen LogP contribution in [0.3, 0.4) is 0 Å². The van der Waals surface area contributed by atoms with Gasteiger partial charge in [-0.05, 0) is 88.4 Å². The van der Waals surface area contributed by atoms with Gasteiger partial charge >= 0.3 is 6.08 Å². The molecule has 0 spiro atoms. The molecule has 6 aromatic heterocycles. The molecule has 0 saturated heterocycles. The number of nitrogens with one attached hydrogen (secondary N) is 1. The van der Waals surface area contributed by atoms with Crippen molar-refractivity contribution in [2.24, 2.45) is 5.41 Å². The average Bonchev–Trinajstić information content (AvgIpc) is 2.91. The number of fused-ring (bicyclic) bond motifs is 3. The molecule has 452 valence electrons. The zero-order valence-electron chi connectivity index (χ0n) is 49.5. The summed E-state index contributed by atoms with van der Waals surface area (Å²) in [5, 5.41) is 4.70. The van der Waals surface area contributed by atoms with E-state index in [0.717, 1.165) is 81.1 Å². The van der Waals surface area contributed by atoms with Gasteiger partial charge < -0.3 is 69.4 Å². The average molecular weight is 1320 g/mol. The molecule has 85 heavy (non-hydrogen) atoms. The van der Waals surface area contributed by atoms with Crippen LogP contribution < -0.4 is 55.7 Å². The van der Waals surface area contributed by atoms with Gasteiger partial charge in [0.25, 0.3) is 0 Å². The highest BCUT2D eigenvalue weighted by Gasteiger charge is 2.25. The standard InChI is InChI=1S/C20H21ClFN5O3.C19H25IN6OS.C19H25N5O3/c1-5-6-7-8-27-13(24-15-18(23)25-20(22)26-19(15)27)10-11-9-12(28-2)16(29-3)17(30-4)14(11)21;1-19(2,3)10-22-7-8-26-17-15(16(21)23-11-24-17)25-18(26)28-14-9-12(27-4)5-6-13(14)20;1-5-6-7-24-15(23-16-18(20)21-11-22-19(16)24)10-12-8-13(25-2)17(27-4)14(9-12)26-3/h1,9H,6-8,10H2,2-4H3,(H2,23,25,26);5-6,9,11,22H,7-8,10H2,1-4H3,(H2,21,23,24);8-9,11H,5-7,10H2,1-4H3,(H2,20,21,22). The Morgan fingerprint density at radius 2 is 1.24 bits per heavy atom. The van der Waals surface area contributed by atoms with E-state index >= 15 is 0 Å². The molecule has 0 bridgehead atoms. The molecular formula is C58H71ClFIN16O7S. The molecule has 23 nitrogen and oxygen atoms in total. The molecule has 0 radical (unpaired) electrons. The zero-order valence-corrected chi connectivity index (χ0v) is 53.2. The smallest absolute Gasteiger partial charge is 0.312 e. The summed E-state index contributed by atoms with van der Waals surface area (Å²) in [6, 6.07) is 11.6. The monoisotopic (exact) mass is 1320 g/mol. The van der Waals surface area contributed by atoms with E-state index in [1.54, 1.807) is 50.8 Å². The number of aromatic nitrogens is 12. The highest BCUT2D eigenvalue weighted by atomic mass is 127. The van der Waals surface area contributed by atoms with Crippen molar-refractivity contribution < 1.29 is 37.5 Å². The number of unbranched alkanes of at least 4 members (excludes halogenated alkanes) is 2. The Labute approximate surface area is 515 Å². The molecule has 3 aromatic carbocycles. The minimum atomic E-state index is -0.921. The van der Waals surface area contributed by atoms with Crippen molar-refractivity contribution in [3.8, 4) is 52.6 Å². The summed E-state index contributed by atoms with van der Waals surface area (Å²) in [5.74, 6) is 8.58. The Morgan fingerprint density at radius 1 is 0.659 bits per heavy atom. The normalized spacial score (nSPS) is 11.2. The molecule has 0 atom stereocenters. The van der Waals surface area contributed by atoms with Crippen LogP contribution in [0.15, 0.2) is 59.1 Å². The predicted molar refractivity (Wildman–Crippen MR) is 337 cm³/mol. The molecule has 0 aliphatic rings. The topological polar surface area (TPSA) is 286 Å². The second kappa shape index (κ2) is 29.8. The third-order valence-electron chi connectivity index (χ3n) is 13.1. The molecular weight excluding hydrogens is 1250 g/mol. The first-order valence-corrected chi connectivity index (χ1v) is 29.1. The van der Waals surface area contributed by atoms with Gasteiger partial charge in [0, 0.05) is 60.5 Å². The van der Waals surface area contributed by atoms with Crippen molar-refractivity contribution in [1.82, 2.24) is 63.9 Å². The Bertz CT molecular complexity index is 3790. The number of anilines is 3. The third kappa shape index (κ3) is 15.5. The fraction of sp³-hybridized carbons (Fsp3) is 0.397. The van der Waals surface area contributed by atoms with Gasteiger partial charge in [-0.1, -0.05) is 57.5 Å². The van der Waals surface area contributed by atoms with E-state index in [1.165, 1.54) is 34.0 Å². The fourth-order valence-electron chi connectivity index (χ4n) is 8.98. The van der Waals surface area contributed by atoms with Crippen LogP contribution in [0.4, 0.5) is 21.8 Å². The molecule has 0 saturated carbocycles. The van der Waals surface area contributed by atoms with Gasteiger partial charge in [0.1, 0.15) is 30.1 Å². The first kappa shape index (κ1) is 64.7. The maximum Gasteiger partial charge on any atom is 0.312 e. The molecule has 0 unspecified atom stereocenters. The Kier molecular flexibility index (Phi) is 22.7. The number of imidazole rings is 3. The number of hydrogen-bond donors (Lipinski definition) is 4. The second-order valence-corrected chi connectivity index (χ2v) is 22.7. The highest BCUT2D eigenvalue weighted by Crippen LogP contribution is 2.46. The van der Waals surface area contributed by atoms with Crippen molar-refractivity contribution in [3.05, 3.63) is 86.5 Å². The number of nitrogen functional groups attached to an aromatic ring is 3. The van der Waals surface area contributed by atoms with Crippen molar-refractivity contribution in [3.63, 3.8) is 0 Å². The van der Waals surface area contributed by atoms with Crippen LogP contribution in [-0.2, 0) is 32.5 Å². The van der Waals surface area contributed by atoms with E-state index in [0.29, 0.717) is 111 Å². The molecule has 27 heteroatoms. The van der Waals surface area contributed by atoms with Crippen molar-refractivity contribution in [1.29, 1.82) is 0 Å². The van der Waals surface area contributed by atoms with E-state index in [-0.39, 0.29) is 17.7 Å². The lowest BCUT2D eigenvalue weighted by Crippen LogP contribution is -2.29. The Balaban J connectivity index is 0.000000183. The van der Waals surface area contributed by atoms with Gasteiger partial charge in [0.2, 0.25) is 11.5 Å². The van der Waals surface area contributed by atoms with E-state index < -0.39 is 6.08 Å². The van der Waals surface area contributed by atoms with Crippen LogP contribution in [-0.4, -0.2) is 121 Å². The summed E-state index contributed by atoms with van der Waals surface area (Å²) < 4.78 is 58.8. The van der Waals surface area contributed by atoms with E-state index in [4.69, 9.17) is 78.4 Å². The number of hydrogen-bond acceptors (Lipinski definition) is 21. The number of terminal acetylenes is 1. The van der Waals surface area contributed by atoms with E-state index in [1.807, 2.05) is 30.3 Å². The summed E-state index contributed by atoms with van der Waals surface area (Å²) >= 11 is 10.5. The van der Waals surface area contributed by atoms with Gasteiger partial charge in [0.15, 0.2) is 79.1 Å². The van der Waals surface area contributed by atoms with Gasteiger partial charge in [-0.15, -0.1) is 12.3 Å². The van der Waals surface area contributed by atoms with Crippen molar-refractivity contribution in [2.75, 3.05) is 80.1 Å². The van der Waals surface area contributed by atoms with Gasteiger partial charge in [-0.3, -0.25) is 0 Å².